The SMILES string of the molecule is CNCC1Cc2cc(OC)c(OC)cc21.CNCC1Cc2cc(OC)c(OC)cc21. The van der Waals surface area contributed by atoms with Crippen molar-refractivity contribution < 1.29 is 18.9 Å². The number of hydrogen-bond donors (Lipinski definition) is 2. The molecule has 0 spiro atoms. The molecule has 164 valence electrons. The summed E-state index contributed by atoms with van der Waals surface area (Å²) in [6.07, 6.45) is 2.27. The van der Waals surface area contributed by atoms with Crippen molar-refractivity contribution in [2.45, 2.75) is 24.7 Å². The second-order valence-corrected chi connectivity index (χ2v) is 7.73. The van der Waals surface area contributed by atoms with Gasteiger partial charge in [-0.15, -0.1) is 0 Å². The summed E-state index contributed by atoms with van der Waals surface area (Å²) in [5.74, 6) is 4.59. The molecule has 6 heteroatoms. The zero-order valence-electron chi connectivity index (χ0n) is 18.9. The summed E-state index contributed by atoms with van der Waals surface area (Å²) in [5.41, 5.74) is 5.55. The van der Waals surface area contributed by atoms with E-state index in [1.54, 1.807) is 28.4 Å². The number of benzene rings is 2. The van der Waals surface area contributed by atoms with Gasteiger partial charge in [0.05, 0.1) is 28.4 Å². The molecule has 0 aliphatic heterocycles. The first-order valence-electron chi connectivity index (χ1n) is 10.4. The van der Waals surface area contributed by atoms with Crippen molar-refractivity contribution in [1.29, 1.82) is 0 Å². The van der Waals surface area contributed by atoms with E-state index in [9.17, 15) is 0 Å². The van der Waals surface area contributed by atoms with Crippen LogP contribution in [0.2, 0.25) is 0 Å². The van der Waals surface area contributed by atoms with Crippen LogP contribution in [0.1, 0.15) is 34.1 Å². The first kappa shape index (κ1) is 22.2. The Bertz CT molecular complexity index is 797. The maximum Gasteiger partial charge on any atom is 0.161 e. The summed E-state index contributed by atoms with van der Waals surface area (Å²) in [6.45, 7) is 2.06. The molecule has 0 radical (unpaired) electrons. The fraction of sp³-hybridized carbons (Fsp3) is 0.500. The fourth-order valence-electron chi connectivity index (χ4n) is 4.33. The molecule has 0 amide bonds. The molecule has 0 heterocycles. The van der Waals surface area contributed by atoms with Gasteiger partial charge >= 0.3 is 0 Å². The highest BCUT2D eigenvalue weighted by atomic mass is 16.5. The van der Waals surface area contributed by atoms with E-state index in [0.29, 0.717) is 11.8 Å². The lowest BCUT2D eigenvalue weighted by Crippen LogP contribution is -2.27. The van der Waals surface area contributed by atoms with Crippen LogP contribution in [0.3, 0.4) is 0 Å². The minimum atomic E-state index is 0.629. The zero-order valence-corrected chi connectivity index (χ0v) is 18.9. The van der Waals surface area contributed by atoms with Crippen LogP contribution in [0.5, 0.6) is 23.0 Å². The summed E-state index contributed by atoms with van der Waals surface area (Å²) < 4.78 is 21.1. The van der Waals surface area contributed by atoms with Crippen molar-refractivity contribution in [3.8, 4) is 23.0 Å². The van der Waals surface area contributed by atoms with Crippen molar-refractivity contribution in [3.05, 3.63) is 46.5 Å². The quantitative estimate of drug-likeness (QED) is 0.692. The van der Waals surface area contributed by atoms with Gasteiger partial charge in [0.2, 0.25) is 0 Å². The predicted octanol–water partition coefficient (Wildman–Crippen LogP) is 3.13. The van der Waals surface area contributed by atoms with Gasteiger partial charge in [0.1, 0.15) is 0 Å². The monoisotopic (exact) mass is 414 g/mol. The topological polar surface area (TPSA) is 61.0 Å². The van der Waals surface area contributed by atoms with Crippen molar-refractivity contribution in [2.75, 3.05) is 55.6 Å². The molecule has 0 aromatic heterocycles. The minimum absolute atomic E-state index is 0.629. The molecule has 6 nitrogen and oxygen atoms in total. The van der Waals surface area contributed by atoms with E-state index < -0.39 is 0 Å². The number of methoxy groups -OCH3 is 4. The summed E-state index contributed by atoms with van der Waals surface area (Å²) >= 11 is 0. The molecule has 2 N–H and O–H groups in total. The Morgan fingerprint density at radius 3 is 1.27 bits per heavy atom. The number of hydrogen-bond acceptors (Lipinski definition) is 6. The molecule has 0 saturated heterocycles. The van der Waals surface area contributed by atoms with Crippen molar-refractivity contribution in [2.24, 2.45) is 0 Å². The Hall–Kier alpha value is -2.44. The van der Waals surface area contributed by atoms with E-state index in [4.69, 9.17) is 18.9 Å². The predicted molar refractivity (Wildman–Crippen MR) is 120 cm³/mol. The van der Waals surface area contributed by atoms with Crippen molar-refractivity contribution in [3.63, 3.8) is 0 Å². The van der Waals surface area contributed by atoms with Gasteiger partial charge in [-0.2, -0.15) is 0 Å². The van der Waals surface area contributed by atoms with E-state index in [0.717, 1.165) is 48.9 Å². The third-order valence-corrected chi connectivity index (χ3v) is 6.00. The highest BCUT2D eigenvalue weighted by Crippen LogP contribution is 2.42. The van der Waals surface area contributed by atoms with Crippen LogP contribution in [-0.4, -0.2) is 55.6 Å². The normalized spacial score (nSPS) is 17.9. The van der Waals surface area contributed by atoms with Gasteiger partial charge in [-0.3, -0.25) is 0 Å². The third kappa shape index (κ3) is 4.35. The fourth-order valence-corrected chi connectivity index (χ4v) is 4.33. The Balaban J connectivity index is 0.000000171. The molecule has 2 aromatic rings. The molecule has 4 rings (SSSR count). The van der Waals surface area contributed by atoms with Crippen LogP contribution < -0.4 is 29.6 Å². The molecule has 30 heavy (non-hydrogen) atoms. The van der Waals surface area contributed by atoms with Crippen molar-refractivity contribution >= 4 is 0 Å². The zero-order chi connectivity index (χ0) is 21.7. The van der Waals surface area contributed by atoms with Crippen LogP contribution >= 0.6 is 0 Å². The van der Waals surface area contributed by atoms with E-state index >= 15 is 0 Å². The van der Waals surface area contributed by atoms with Crippen LogP contribution in [0.25, 0.3) is 0 Å². The second-order valence-electron chi connectivity index (χ2n) is 7.73. The van der Waals surface area contributed by atoms with Gasteiger partial charge in [0, 0.05) is 24.9 Å². The van der Waals surface area contributed by atoms with Crippen LogP contribution in [0.15, 0.2) is 24.3 Å². The maximum absolute atomic E-state index is 5.29. The Morgan fingerprint density at radius 1 is 0.633 bits per heavy atom. The van der Waals surface area contributed by atoms with E-state index in [-0.39, 0.29) is 0 Å². The minimum Gasteiger partial charge on any atom is -0.493 e. The van der Waals surface area contributed by atoms with Crippen LogP contribution in [0.4, 0.5) is 0 Å². The van der Waals surface area contributed by atoms with E-state index in [1.165, 1.54) is 22.3 Å². The first-order valence-corrected chi connectivity index (χ1v) is 10.4. The maximum atomic E-state index is 5.29. The van der Waals surface area contributed by atoms with Gasteiger partial charge < -0.3 is 29.6 Å². The molecule has 2 aliphatic rings. The van der Waals surface area contributed by atoms with Gasteiger partial charge in [-0.25, -0.2) is 0 Å². The average Bonchev–Trinajstić information content (AvgIpc) is 2.75. The van der Waals surface area contributed by atoms with Crippen LogP contribution in [-0.2, 0) is 12.8 Å². The molecule has 0 saturated carbocycles. The van der Waals surface area contributed by atoms with Gasteiger partial charge in [0.15, 0.2) is 23.0 Å². The van der Waals surface area contributed by atoms with Crippen molar-refractivity contribution in [1.82, 2.24) is 10.6 Å². The molecule has 2 atom stereocenters. The lowest BCUT2D eigenvalue weighted by molar-refractivity contribution is 0.352. The van der Waals surface area contributed by atoms with Crippen LogP contribution in [0, 0.1) is 0 Å². The average molecular weight is 415 g/mol. The Labute approximate surface area is 179 Å². The Kier molecular flexibility index (Phi) is 7.45. The standard InChI is InChI=1S/2C12H17NO2/c2*1-13-7-9-4-8-5-11(14-2)12(15-3)6-10(8)9/h2*5-6,9,13H,4,7H2,1-3H3. The highest BCUT2D eigenvalue weighted by molar-refractivity contribution is 5.54. The van der Waals surface area contributed by atoms with Gasteiger partial charge in [-0.1, -0.05) is 0 Å². The largest absolute Gasteiger partial charge is 0.493 e. The number of nitrogens with one attached hydrogen (secondary N) is 2. The first-order chi connectivity index (χ1) is 14.6. The van der Waals surface area contributed by atoms with Gasteiger partial charge in [-0.05, 0) is 73.5 Å². The number of rotatable bonds is 8. The molecule has 0 bridgehead atoms. The lowest BCUT2D eigenvalue weighted by atomic mass is 9.77. The lowest BCUT2D eigenvalue weighted by Gasteiger charge is -2.31. The summed E-state index contributed by atoms with van der Waals surface area (Å²) in [5, 5.41) is 6.41. The smallest absolute Gasteiger partial charge is 0.161 e. The molecular weight excluding hydrogens is 380 g/mol. The molecule has 0 fully saturated rings. The number of fused-ring (bicyclic) bond motifs is 2. The molecular formula is C24H34N2O4. The molecule has 2 unspecified atom stereocenters. The second kappa shape index (κ2) is 10.0. The number of ether oxygens (including phenoxy) is 4. The third-order valence-electron chi connectivity index (χ3n) is 6.00. The molecule has 2 aliphatic carbocycles. The molecule has 2 aromatic carbocycles. The van der Waals surface area contributed by atoms with E-state index in [1.807, 2.05) is 14.1 Å². The van der Waals surface area contributed by atoms with E-state index in [2.05, 4.69) is 34.9 Å². The number of likely N-dealkylation sites (N-methyl/N-ethyl adjacent to an activating group) is 2. The Morgan fingerprint density at radius 2 is 0.967 bits per heavy atom. The summed E-state index contributed by atoms with van der Waals surface area (Å²) in [4.78, 5) is 0. The van der Waals surface area contributed by atoms with Gasteiger partial charge in [0.25, 0.3) is 0 Å². The summed E-state index contributed by atoms with van der Waals surface area (Å²) in [7, 11) is 10.7. The highest BCUT2D eigenvalue weighted by Gasteiger charge is 2.28. The summed E-state index contributed by atoms with van der Waals surface area (Å²) in [6, 6.07) is 8.36.